The average molecular weight is 576 g/mol. The Labute approximate surface area is 237 Å². The molecular formula is C25H25N11O6. The van der Waals surface area contributed by atoms with E-state index in [1.54, 1.807) is 6.07 Å². The molecule has 0 spiro atoms. The zero-order chi connectivity index (χ0) is 30.4. The monoisotopic (exact) mass is 575 g/mol. The van der Waals surface area contributed by atoms with E-state index in [2.05, 4.69) is 55.8 Å². The van der Waals surface area contributed by atoms with Gasteiger partial charge in [0.05, 0.1) is 27.0 Å². The molecule has 0 aliphatic carbocycles. The van der Waals surface area contributed by atoms with Gasteiger partial charge in [-0.15, -0.1) is 0 Å². The molecule has 216 valence electrons. The van der Waals surface area contributed by atoms with Crippen LogP contribution in [0.3, 0.4) is 0 Å². The molecule has 0 fully saturated rings. The molecule has 17 heteroatoms. The van der Waals surface area contributed by atoms with Crippen LogP contribution in [0.2, 0.25) is 0 Å². The van der Waals surface area contributed by atoms with E-state index in [-0.39, 0.29) is 68.3 Å². The van der Waals surface area contributed by atoms with Gasteiger partial charge in [-0.3, -0.25) is 14.4 Å². The van der Waals surface area contributed by atoms with Gasteiger partial charge in [-0.05, 0) is 6.07 Å². The van der Waals surface area contributed by atoms with Gasteiger partial charge in [-0.2, -0.15) is 15.0 Å². The number of benzene rings is 1. The normalized spacial score (nSPS) is 11.6. The second-order valence-corrected chi connectivity index (χ2v) is 8.40. The molecule has 3 heterocycles. The SMILES string of the molecule is CO/C=N\c1nc2c3nc(/N=C/OC)c(NC(C)=O)cc3c3nc(NC(C)=O)c(NC(C)=O)nc3c2nc1/N=C\OC. The number of methoxy groups -OCH3 is 3. The largest absolute Gasteiger partial charge is 0.486 e. The van der Waals surface area contributed by atoms with Crippen LogP contribution in [0, 0.1) is 0 Å². The van der Waals surface area contributed by atoms with Crippen LogP contribution in [0.25, 0.3) is 33.0 Å². The molecule has 4 rings (SSSR count). The van der Waals surface area contributed by atoms with Gasteiger partial charge in [0.1, 0.15) is 27.6 Å². The summed E-state index contributed by atoms with van der Waals surface area (Å²) in [7, 11) is 4.23. The van der Waals surface area contributed by atoms with Gasteiger partial charge in [-0.1, -0.05) is 0 Å². The number of nitrogens with one attached hydrogen (secondary N) is 3. The summed E-state index contributed by atoms with van der Waals surface area (Å²) in [5.41, 5.74) is 1.23. The van der Waals surface area contributed by atoms with Crippen LogP contribution in [-0.4, -0.2) is 83.2 Å². The lowest BCUT2D eigenvalue weighted by atomic mass is 10.1. The van der Waals surface area contributed by atoms with Gasteiger partial charge in [0.15, 0.2) is 36.7 Å². The predicted molar refractivity (Wildman–Crippen MR) is 156 cm³/mol. The van der Waals surface area contributed by atoms with E-state index >= 15 is 0 Å². The van der Waals surface area contributed by atoms with Crippen molar-refractivity contribution in [3.05, 3.63) is 6.07 Å². The van der Waals surface area contributed by atoms with E-state index in [1.165, 1.54) is 42.1 Å². The zero-order valence-corrected chi connectivity index (χ0v) is 23.3. The minimum absolute atomic E-state index is 0.0275. The number of fused-ring (bicyclic) bond motifs is 6. The second kappa shape index (κ2) is 12.5. The predicted octanol–water partition coefficient (Wildman–Crippen LogP) is 2.92. The van der Waals surface area contributed by atoms with Crippen LogP contribution in [0.15, 0.2) is 21.0 Å². The Balaban J connectivity index is 2.27. The smallest absolute Gasteiger partial charge is 0.222 e. The molecule has 3 aromatic heterocycles. The Morgan fingerprint density at radius 1 is 0.595 bits per heavy atom. The number of aromatic nitrogens is 5. The van der Waals surface area contributed by atoms with Crippen LogP contribution in [-0.2, 0) is 28.6 Å². The number of carbonyl (C=O) groups is 3. The molecule has 0 radical (unpaired) electrons. The molecule has 0 unspecified atom stereocenters. The average Bonchev–Trinajstić information content (AvgIpc) is 2.93. The Kier molecular flexibility index (Phi) is 8.69. The summed E-state index contributed by atoms with van der Waals surface area (Å²) in [4.78, 5) is 71.7. The third kappa shape index (κ3) is 6.14. The fourth-order valence-corrected chi connectivity index (χ4v) is 3.77. The van der Waals surface area contributed by atoms with Crippen LogP contribution < -0.4 is 16.0 Å². The number of anilines is 3. The maximum atomic E-state index is 12.0. The Morgan fingerprint density at radius 3 is 1.45 bits per heavy atom. The van der Waals surface area contributed by atoms with Crippen molar-refractivity contribution < 1.29 is 28.6 Å². The molecule has 3 amide bonds. The number of carbonyl (C=O) groups excluding carboxylic acids is 3. The number of rotatable bonds is 9. The first-order valence-corrected chi connectivity index (χ1v) is 12.1. The van der Waals surface area contributed by atoms with E-state index < -0.39 is 11.8 Å². The molecule has 3 N–H and O–H groups in total. The summed E-state index contributed by atoms with van der Waals surface area (Å²) in [5.74, 6) is -1.17. The first kappa shape index (κ1) is 29.1. The van der Waals surface area contributed by atoms with Gasteiger partial charge in [0, 0.05) is 26.2 Å². The number of pyridine rings is 1. The molecule has 4 aromatic rings. The van der Waals surface area contributed by atoms with Gasteiger partial charge >= 0.3 is 0 Å². The Morgan fingerprint density at radius 2 is 0.976 bits per heavy atom. The first-order chi connectivity index (χ1) is 20.2. The van der Waals surface area contributed by atoms with Crippen molar-refractivity contribution in [3.8, 4) is 0 Å². The standard InChI is InChI=1S/C25H25N11O6/c1-11(37)29-15-7-14-16(32-21(15)26-8-40-4)18-20(35-23(28-10-42-6)22(34-18)27-9-41-5)19-17(14)33-24(30-12(2)38)25(36-19)31-13(3)39/h7-10H,1-6H3,(H,29,37)(H,30,33,38)(H,31,36,39)/b26-8+,27-9-,28-10-. The van der Waals surface area contributed by atoms with E-state index in [4.69, 9.17) is 14.2 Å². The fraction of sp³-hybridized carbons (Fsp3) is 0.240. The summed E-state index contributed by atoms with van der Waals surface area (Å²) in [5, 5.41) is 8.19. The molecule has 17 nitrogen and oxygen atoms in total. The quantitative estimate of drug-likeness (QED) is 0.150. The van der Waals surface area contributed by atoms with E-state index in [0.717, 1.165) is 19.2 Å². The highest BCUT2D eigenvalue weighted by Gasteiger charge is 2.23. The maximum Gasteiger partial charge on any atom is 0.222 e. The number of ether oxygens (including phenoxy) is 3. The molecular weight excluding hydrogens is 550 g/mol. The first-order valence-electron chi connectivity index (χ1n) is 12.1. The van der Waals surface area contributed by atoms with Gasteiger partial charge in [0.2, 0.25) is 29.4 Å². The van der Waals surface area contributed by atoms with Crippen molar-refractivity contribution >= 4 is 105 Å². The number of nitrogens with zero attached hydrogens (tertiary/aromatic N) is 8. The molecule has 0 aliphatic heterocycles. The van der Waals surface area contributed by atoms with E-state index in [1.807, 2.05) is 0 Å². The van der Waals surface area contributed by atoms with Crippen LogP contribution >= 0.6 is 0 Å². The highest BCUT2D eigenvalue weighted by atomic mass is 16.5. The number of amides is 3. The molecule has 0 atom stereocenters. The lowest BCUT2D eigenvalue weighted by Crippen LogP contribution is -2.15. The highest BCUT2D eigenvalue weighted by molar-refractivity contribution is 6.22. The maximum absolute atomic E-state index is 12.0. The molecule has 0 saturated carbocycles. The van der Waals surface area contributed by atoms with Crippen LogP contribution in [0.1, 0.15) is 20.8 Å². The molecule has 0 aliphatic rings. The molecule has 42 heavy (non-hydrogen) atoms. The van der Waals surface area contributed by atoms with Crippen LogP contribution in [0.4, 0.5) is 34.8 Å². The third-order valence-electron chi connectivity index (χ3n) is 5.20. The van der Waals surface area contributed by atoms with Crippen molar-refractivity contribution in [1.29, 1.82) is 0 Å². The second-order valence-electron chi connectivity index (χ2n) is 8.40. The van der Waals surface area contributed by atoms with Crippen molar-refractivity contribution in [1.82, 2.24) is 24.9 Å². The summed E-state index contributed by atoms with van der Waals surface area (Å²) in [6, 6.07) is 1.58. The van der Waals surface area contributed by atoms with Crippen molar-refractivity contribution in [2.75, 3.05) is 37.3 Å². The number of aliphatic imine (C=N–C) groups is 3. The van der Waals surface area contributed by atoms with E-state index in [0.29, 0.717) is 5.39 Å². The van der Waals surface area contributed by atoms with Gasteiger partial charge in [0.25, 0.3) is 0 Å². The lowest BCUT2D eigenvalue weighted by molar-refractivity contribution is -0.115. The Hall–Kier alpha value is -5.87. The minimum Gasteiger partial charge on any atom is -0.486 e. The summed E-state index contributed by atoms with van der Waals surface area (Å²) in [6.45, 7) is 3.89. The van der Waals surface area contributed by atoms with Crippen molar-refractivity contribution in [2.24, 2.45) is 15.0 Å². The third-order valence-corrected chi connectivity index (χ3v) is 5.20. The number of hydrogen-bond donors (Lipinski definition) is 3. The highest BCUT2D eigenvalue weighted by Crippen LogP contribution is 2.39. The van der Waals surface area contributed by atoms with Crippen LogP contribution in [0.5, 0.6) is 0 Å². The Bertz CT molecular complexity index is 1800. The molecule has 0 bridgehead atoms. The lowest BCUT2D eigenvalue weighted by Gasteiger charge is -2.15. The van der Waals surface area contributed by atoms with Crippen molar-refractivity contribution in [2.45, 2.75) is 20.8 Å². The topological polar surface area (TPSA) is 217 Å². The van der Waals surface area contributed by atoms with E-state index in [9.17, 15) is 14.4 Å². The number of hydrogen-bond acceptors (Lipinski definition) is 14. The van der Waals surface area contributed by atoms with Gasteiger partial charge < -0.3 is 30.2 Å². The zero-order valence-electron chi connectivity index (χ0n) is 23.3. The molecule has 1 aromatic carbocycles. The van der Waals surface area contributed by atoms with Gasteiger partial charge in [-0.25, -0.2) is 24.9 Å². The summed E-state index contributed by atoms with van der Waals surface area (Å²) < 4.78 is 14.9. The minimum atomic E-state index is -0.455. The summed E-state index contributed by atoms with van der Waals surface area (Å²) in [6.07, 6.45) is 3.44. The summed E-state index contributed by atoms with van der Waals surface area (Å²) >= 11 is 0. The van der Waals surface area contributed by atoms with Crippen molar-refractivity contribution in [3.63, 3.8) is 0 Å². The molecule has 0 saturated heterocycles. The fourth-order valence-electron chi connectivity index (χ4n) is 3.77.